The smallest absolute Gasteiger partial charge is 0.0621 e. The lowest BCUT2D eigenvalue weighted by Gasteiger charge is -2.39. The Balaban J connectivity index is 1.36. The predicted octanol–water partition coefficient (Wildman–Crippen LogP) is 3.13. The lowest BCUT2D eigenvalue weighted by Crippen LogP contribution is -2.35. The molecule has 0 amide bonds. The lowest BCUT2D eigenvalue weighted by molar-refractivity contribution is 0.0743. The van der Waals surface area contributed by atoms with Gasteiger partial charge in [0.1, 0.15) is 0 Å². The second kappa shape index (κ2) is 2.42. The SMILES string of the molecule is N#CCCC12C3C4C5C6C7C8C5C3C3C8C5C7C7C6C4C1C7C5C32. The van der Waals surface area contributed by atoms with E-state index in [0.717, 1.165) is 29.6 Å². The van der Waals surface area contributed by atoms with Crippen molar-refractivity contribution >= 4 is 0 Å². The summed E-state index contributed by atoms with van der Waals surface area (Å²) in [7, 11) is 0. The van der Waals surface area contributed by atoms with Gasteiger partial charge < -0.3 is 0 Å². The van der Waals surface area contributed by atoms with Gasteiger partial charge in [0, 0.05) is 6.42 Å². The van der Waals surface area contributed by atoms with Gasteiger partial charge in [0.05, 0.1) is 6.07 Å². The molecule has 0 aromatic rings. The average Bonchev–Trinajstić information content (AvgIpc) is 3.22. The van der Waals surface area contributed by atoms with Gasteiger partial charge in [-0.05, 0) is 124 Å². The third-order valence-electron chi connectivity index (χ3n) is 14.4. The highest BCUT2D eigenvalue weighted by molar-refractivity contribution is 5.47. The zero-order valence-electron chi connectivity index (χ0n) is 13.8. The minimum atomic E-state index is 0.730. The first-order valence-electron chi connectivity index (χ1n) is 11.3. The van der Waals surface area contributed by atoms with Crippen LogP contribution in [0.1, 0.15) is 12.8 Å². The van der Waals surface area contributed by atoms with Crippen LogP contribution in [0.4, 0.5) is 0 Å². The topological polar surface area (TPSA) is 23.8 Å². The van der Waals surface area contributed by atoms with Crippen molar-refractivity contribution in [3.63, 3.8) is 0 Å². The molecule has 0 aromatic carbocycles. The van der Waals surface area contributed by atoms with Crippen LogP contribution in [-0.2, 0) is 0 Å². The number of nitrogens with zero attached hydrogens (tertiary/aromatic N) is 1. The van der Waals surface area contributed by atoms with Crippen molar-refractivity contribution in [1.29, 1.82) is 5.26 Å². The first-order valence-corrected chi connectivity index (χ1v) is 11.3. The van der Waals surface area contributed by atoms with Gasteiger partial charge in [-0.2, -0.15) is 5.26 Å². The molecule has 120 valence electrons. The fourth-order valence-corrected chi connectivity index (χ4v) is 16.5. The summed E-state index contributed by atoms with van der Waals surface area (Å²) in [6.07, 6.45) is 2.24. The Morgan fingerprint density at radius 2 is 0.792 bits per heavy atom. The maximum Gasteiger partial charge on any atom is 0.0621 e. The fraction of sp³-hybridized carbons (Fsp3) is 0.957. The van der Waals surface area contributed by atoms with Crippen LogP contribution in [0.2, 0.25) is 0 Å². The molecule has 12 fully saturated rings. The van der Waals surface area contributed by atoms with E-state index in [1.807, 2.05) is 0 Å². The van der Waals surface area contributed by atoms with Crippen LogP contribution in [-0.4, -0.2) is 0 Å². The van der Waals surface area contributed by atoms with Crippen LogP contribution >= 0.6 is 0 Å². The van der Waals surface area contributed by atoms with Crippen molar-refractivity contribution < 1.29 is 0 Å². The van der Waals surface area contributed by atoms with Crippen molar-refractivity contribution in [2.75, 3.05) is 0 Å². The third-order valence-corrected chi connectivity index (χ3v) is 14.4. The van der Waals surface area contributed by atoms with E-state index in [2.05, 4.69) is 6.07 Å². The molecule has 12 unspecified atom stereocenters. The predicted molar refractivity (Wildman–Crippen MR) is 83.6 cm³/mol. The monoisotopic (exact) mass is 313 g/mol. The molecule has 24 heavy (non-hydrogen) atoms. The molecule has 12 atom stereocenters. The van der Waals surface area contributed by atoms with Crippen LogP contribution in [0, 0.1) is 129 Å². The van der Waals surface area contributed by atoms with E-state index in [4.69, 9.17) is 0 Å². The highest BCUT2D eigenvalue weighted by atomic mass is 15.1. The summed E-state index contributed by atoms with van der Waals surface area (Å²) in [5.41, 5.74) is 0.730. The van der Waals surface area contributed by atoms with Crippen LogP contribution in [0.15, 0.2) is 0 Å². The summed E-state index contributed by atoms with van der Waals surface area (Å²) in [5, 5.41) is 9.46. The second-order valence-electron chi connectivity index (χ2n) is 12.6. The van der Waals surface area contributed by atoms with Crippen molar-refractivity contribution in [2.24, 2.45) is 118 Å². The minimum absolute atomic E-state index is 0.730. The Morgan fingerprint density at radius 1 is 0.500 bits per heavy atom. The van der Waals surface area contributed by atoms with E-state index < -0.39 is 0 Å². The normalized spacial score (nSPS) is 94.7. The standard InChI is InChI=1S/C23H23N/c24-3-1-2-23-20-14-8-5-4-6-10(8)16(20)18-12(6)13-7(4)11-9(5)15(14)21(23)17(11)19(13)22(18)23/h4-22H,1-2H2. The quantitative estimate of drug-likeness (QED) is 0.768. The Kier molecular flexibility index (Phi) is 1.07. The second-order valence-corrected chi connectivity index (χ2v) is 12.6. The minimum Gasteiger partial charge on any atom is -0.198 e. The van der Waals surface area contributed by atoms with Crippen molar-refractivity contribution in [3.8, 4) is 6.07 Å². The first-order chi connectivity index (χ1) is 11.9. The molecule has 0 aromatic heterocycles. The van der Waals surface area contributed by atoms with Crippen LogP contribution in [0.5, 0.6) is 0 Å². The molecule has 0 aliphatic heterocycles. The fourth-order valence-electron chi connectivity index (χ4n) is 16.5. The molecule has 0 radical (unpaired) electrons. The highest BCUT2D eigenvalue weighted by Gasteiger charge is 3.01. The van der Waals surface area contributed by atoms with E-state index in [0.29, 0.717) is 0 Å². The van der Waals surface area contributed by atoms with Gasteiger partial charge in [-0.3, -0.25) is 0 Å². The van der Waals surface area contributed by atoms with E-state index in [1.165, 1.54) is 101 Å². The largest absolute Gasteiger partial charge is 0.198 e. The van der Waals surface area contributed by atoms with Crippen molar-refractivity contribution in [1.82, 2.24) is 0 Å². The molecule has 12 aliphatic rings. The van der Waals surface area contributed by atoms with Gasteiger partial charge in [0.15, 0.2) is 0 Å². The van der Waals surface area contributed by atoms with Gasteiger partial charge in [-0.15, -0.1) is 0 Å². The number of rotatable bonds is 2. The summed E-state index contributed by atoms with van der Waals surface area (Å²) >= 11 is 0. The Hall–Kier alpha value is -0.510. The Morgan fingerprint density at radius 3 is 1.08 bits per heavy atom. The summed E-state index contributed by atoms with van der Waals surface area (Å²) in [6.45, 7) is 0. The number of hydrogen-bond donors (Lipinski definition) is 0. The molecule has 0 heterocycles. The molecule has 1 heteroatoms. The molecule has 12 aliphatic carbocycles. The summed E-state index contributed by atoms with van der Waals surface area (Å²) in [6, 6.07) is 2.61. The van der Waals surface area contributed by atoms with E-state index in [9.17, 15) is 5.26 Å². The summed E-state index contributed by atoms with van der Waals surface area (Å²) in [4.78, 5) is 0. The van der Waals surface area contributed by atoms with Crippen LogP contribution in [0.25, 0.3) is 0 Å². The Bertz CT molecular complexity index is 722. The molecule has 12 saturated carbocycles. The first kappa shape index (κ1) is 10.6. The maximum absolute atomic E-state index is 9.46. The molecular weight excluding hydrogens is 290 g/mol. The van der Waals surface area contributed by atoms with Gasteiger partial charge in [-0.25, -0.2) is 0 Å². The Labute approximate surface area is 142 Å². The third kappa shape index (κ3) is 0.530. The average molecular weight is 313 g/mol. The van der Waals surface area contributed by atoms with Crippen molar-refractivity contribution in [2.45, 2.75) is 12.8 Å². The molecule has 1 nitrogen and oxygen atoms in total. The molecule has 0 saturated heterocycles. The summed E-state index contributed by atoms with van der Waals surface area (Å²) < 4.78 is 0. The zero-order valence-corrected chi connectivity index (χ0v) is 13.8. The highest BCUT2D eigenvalue weighted by Crippen LogP contribution is 3.04. The van der Waals surface area contributed by atoms with E-state index >= 15 is 0 Å². The zero-order chi connectivity index (χ0) is 14.6. The molecule has 12 rings (SSSR count). The molecule has 0 bridgehead atoms. The van der Waals surface area contributed by atoms with Crippen LogP contribution < -0.4 is 0 Å². The van der Waals surface area contributed by atoms with Gasteiger partial charge in [-0.1, -0.05) is 0 Å². The van der Waals surface area contributed by atoms with Crippen LogP contribution in [0.3, 0.4) is 0 Å². The van der Waals surface area contributed by atoms with Crippen molar-refractivity contribution in [3.05, 3.63) is 0 Å². The summed E-state index contributed by atoms with van der Waals surface area (Å²) in [5.74, 6) is 23.0. The lowest BCUT2D eigenvalue weighted by atomic mass is 9.64. The van der Waals surface area contributed by atoms with Gasteiger partial charge in [0.2, 0.25) is 0 Å². The van der Waals surface area contributed by atoms with E-state index in [-0.39, 0.29) is 0 Å². The molecule has 0 N–H and O–H groups in total. The maximum atomic E-state index is 9.46. The van der Waals surface area contributed by atoms with E-state index in [1.54, 1.807) is 0 Å². The van der Waals surface area contributed by atoms with Gasteiger partial charge >= 0.3 is 0 Å². The number of nitriles is 1. The molecular formula is C23H23N. The number of hydrogen-bond acceptors (Lipinski definition) is 1. The molecule has 0 spiro atoms. The van der Waals surface area contributed by atoms with Gasteiger partial charge in [0.25, 0.3) is 0 Å².